The van der Waals surface area contributed by atoms with Crippen molar-refractivity contribution in [3.8, 4) is 17.5 Å². The maximum Gasteiger partial charge on any atom is 0.433 e. The summed E-state index contributed by atoms with van der Waals surface area (Å²) in [6, 6.07) is 14.0. The van der Waals surface area contributed by atoms with Crippen LogP contribution in [-0.4, -0.2) is 58.4 Å². The average Bonchev–Trinajstić information content (AvgIpc) is 3.37. The van der Waals surface area contributed by atoms with Crippen molar-refractivity contribution in [1.29, 1.82) is 5.26 Å². The van der Waals surface area contributed by atoms with E-state index in [-0.39, 0.29) is 30.6 Å². The molecule has 2 aromatic heterocycles. The van der Waals surface area contributed by atoms with Crippen molar-refractivity contribution in [2.24, 2.45) is 0 Å². The number of oxazole rings is 1. The summed E-state index contributed by atoms with van der Waals surface area (Å²) in [6.45, 7) is 6.23. The number of anilines is 1. The Morgan fingerprint density at radius 1 is 1.07 bits per heavy atom. The van der Waals surface area contributed by atoms with E-state index in [0.717, 1.165) is 29.0 Å². The minimum Gasteiger partial charge on any atom is -0.436 e. The third kappa shape index (κ3) is 5.97. The molecule has 0 N–H and O–H groups in total. The quantitative estimate of drug-likeness (QED) is 0.310. The summed E-state index contributed by atoms with van der Waals surface area (Å²) in [7, 11) is 0. The number of fused-ring (bicyclic) bond motifs is 1. The summed E-state index contributed by atoms with van der Waals surface area (Å²) in [6.07, 6.45) is -3.15. The minimum atomic E-state index is -4.52. The number of nitrogens with zero attached hydrogens (tertiary/aromatic N) is 6. The van der Waals surface area contributed by atoms with Crippen LogP contribution in [0.3, 0.4) is 0 Å². The van der Waals surface area contributed by atoms with Gasteiger partial charge in [-0.05, 0) is 41.8 Å². The van der Waals surface area contributed by atoms with Gasteiger partial charge in [-0.15, -0.1) is 0 Å². The molecule has 0 saturated carbocycles. The third-order valence-electron chi connectivity index (χ3n) is 6.86. The molecule has 0 aliphatic carbocycles. The van der Waals surface area contributed by atoms with Gasteiger partial charge in [-0.25, -0.2) is 15.0 Å². The van der Waals surface area contributed by atoms with Gasteiger partial charge in [0.1, 0.15) is 11.2 Å². The van der Waals surface area contributed by atoms with Crippen LogP contribution < -0.4 is 4.90 Å². The lowest BCUT2D eigenvalue weighted by molar-refractivity contribution is -0.141. The summed E-state index contributed by atoms with van der Waals surface area (Å²) >= 11 is 0. The van der Waals surface area contributed by atoms with Crippen LogP contribution >= 0.6 is 0 Å². The number of piperazine rings is 1. The summed E-state index contributed by atoms with van der Waals surface area (Å²) in [5, 5.41) is 9.35. The molecule has 8 nitrogen and oxygen atoms in total. The van der Waals surface area contributed by atoms with Crippen LogP contribution in [0, 0.1) is 11.3 Å². The van der Waals surface area contributed by atoms with Crippen LogP contribution in [-0.2, 0) is 17.4 Å². The van der Waals surface area contributed by atoms with E-state index in [0.29, 0.717) is 48.7 Å². The van der Waals surface area contributed by atoms with Gasteiger partial charge in [-0.2, -0.15) is 18.4 Å². The Labute approximate surface area is 229 Å². The third-order valence-corrected chi connectivity index (χ3v) is 6.86. The van der Waals surface area contributed by atoms with Crippen molar-refractivity contribution in [3.63, 3.8) is 0 Å². The van der Waals surface area contributed by atoms with Crippen LogP contribution in [0.4, 0.5) is 19.1 Å². The molecular weight excluding hydrogens is 521 g/mol. The van der Waals surface area contributed by atoms with E-state index in [1.54, 1.807) is 11.0 Å². The molecule has 1 aliphatic rings. The maximum absolute atomic E-state index is 13.0. The highest BCUT2D eigenvalue weighted by Gasteiger charge is 2.33. The van der Waals surface area contributed by atoms with Gasteiger partial charge in [-0.1, -0.05) is 26.0 Å². The lowest BCUT2D eigenvalue weighted by atomic mass is 10.00. The highest BCUT2D eigenvalue weighted by molar-refractivity contribution is 5.83. The molecule has 1 fully saturated rings. The predicted molar refractivity (Wildman–Crippen MR) is 143 cm³/mol. The second kappa shape index (κ2) is 11.1. The van der Waals surface area contributed by atoms with E-state index in [9.17, 15) is 23.2 Å². The van der Waals surface area contributed by atoms with Gasteiger partial charge < -0.3 is 9.32 Å². The first-order valence-corrected chi connectivity index (χ1v) is 12.9. The molecule has 11 heteroatoms. The van der Waals surface area contributed by atoms with Gasteiger partial charge in [0, 0.05) is 49.9 Å². The molecule has 3 heterocycles. The Morgan fingerprint density at radius 3 is 2.45 bits per heavy atom. The van der Waals surface area contributed by atoms with Gasteiger partial charge in [0.2, 0.25) is 11.8 Å². The zero-order valence-electron chi connectivity index (χ0n) is 22.1. The Balaban J connectivity index is 1.18. The molecule has 4 aromatic rings. The zero-order chi connectivity index (χ0) is 28.4. The van der Waals surface area contributed by atoms with E-state index in [2.05, 4.69) is 21.0 Å². The fourth-order valence-corrected chi connectivity index (χ4v) is 4.74. The van der Waals surface area contributed by atoms with Crippen LogP contribution in [0.25, 0.3) is 22.6 Å². The number of benzene rings is 2. The van der Waals surface area contributed by atoms with E-state index >= 15 is 0 Å². The first-order chi connectivity index (χ1) is 19.1. The molecule has 2 aromatic carbocycles. The molecular formula is C29H27F3N6O2. The van der Waals surface area contributed by atoms with Crippen LogP contribution in [0.2, 0.25) is 0 Å². The number of carbonyl (C=O) groups is 1. The van der Waals surface area contributed by atoms with Crippen LogP contribution in [0.1, 0.15) is 42.1 Å². The SMILES string of the molecule is CC(C)c1cc(C#N)cc2nc(-c3ccc(CC(=O)CN4CCN(c5nccc(C(F)(F)F)n5)CC4)cc3)oc12. The standard InChI is InChI=1S/C29H27F3N6O2/c1-18(2)23-14-20(16-33)15-24-26(23)40-27(35-24)21-5-3-19(4-6-21)13-22(39)17-37-9-11-38(12-10-37)28-34-8-7-25(36-28)29(30,31)32/h3-8,14-15,18H,9-13,17H2,1-2H3. The van der Waals surface area contributed by atoms with Crippen LogP contribution in [0.5, 0.6) is 0 Å². The fraction of sp³-hybridized carbons (Fsp3) is 0.345. The number of Topliss-reactive ketones (excluding diaryl/α,β-unsaturated/α-hetero) is 1. The number of ketones is 1. The molecule has 0 atom stereocenters. The van der Waals surface area contributed by atoms with Crippen LogP contribution in [0.15, 0.2) is 53.1 Å². The predicted octanol–water partition coefficient (Wildman–Crippen LogP) is 5.23. The van der Waals surface area contributed by atoms with E-state index in [1.807, 2.05) is 49.1 Å². The van der Waals surface area contributed by atoms with Crippen molar-refractivity contribution in [3.05, 3.63) is 71.0 Å². The van der Waals surface area contributed by atoms with Gasteiger partial charge in [0.05, 0.1) is 18.2 Å². The molecule has 0 spiro atoms. The largest absolute Gasteiger partial charge is 0.436 e. The summed E-state index contributed by atoms with van der Waals surface area (Å²) in [4.78, 5) is 28.7. The molecule has 0 radical (unpaired) electrons. The van der Waals surface area contributed by atoms with Gasteiger partial charge in [0.15, 0.2) is 11.4 Å². The number of carbonyl (C=O) groups excluding carboxylic acids is 1. The number of hydrogen-bond acceptors (Lipinski definition) is 8. The fourth-order valence-electron chi connectivity index (χ4n) is 4.74. The first kappa shape index (κ1) is 27.3. The zero-order valence-corrected chi connectivity index (χ0v) is 22.1. The van der Waals surface area contributed by atoms with Crippen molar-refractivity contribution >= 4 is 22.8 Å². The van der Waals surface area contributed by atoms with E-state index in [4.69, 9.17) is 4.42 Å². The first-order valence-electron chi connectivity index (χ1n) is 12.9. The highest BCUT2D eigenvalue weighted by Crippen LogP contribution is 2.32. The summed E-state index contributed by atoms with van der Waals surface area (Å²) < 4.78 is 45.0. The van der Waals surface area contributed by atoms with Crippen molar-refractivity contribution in [1.82, 2.24) is 19.9 Å². The summed E-state index contributed by atoms with van der Waals surface area (Å²) in [5.74, 6) is 0.712. The molecule has 206 valence electrons. The number of aromatic nitrogens is 3. The van der Waals surface area contributed by atoms with E-state index < -0.39 is 11.9 Å². The minimum absolute atomic E-state index is 0.0454. The Kier molecular flexibility index (Phi) is 7.54. The number of alkyl halides is 3. The number of nitriles is 1. The normalized spacial score (nSPS) is 14.6. The number of hydrogen-bond donors (Lipinski definition) is 0. The Morgan fingerprint density at radius 2 is 1.80 bits per heavy atom. The molecule has 0 amide bonds. The monoisotopic (exact) mass is 548 g/mol. The highest BCUT2D eigenvalue weighted by atomic mass is 19.4. The average molecular weight is 549 g/mol. The Hall–Kier alpha value is -4.30. The van der Waals surface area contributed by atoms with E-state index in [1.165, 1.54) is 0 Å². The van der Waals surface area contributed by atoms with Gasteiger partial charge in [0.25, 0.3) is 0 Å². The molecule has 5 rings (SSSR count). The number of halogens is 3. The van der Waals surface area contributed by atoms with Crippen molar-refractivity contribution in [2.45, 2.75) is 32.4 Å². The molecule has 1 saturated heterocycles. The topological polar surface area (TPSA) is 99.2 Å². The maximum atomic E-state index is 13.0. The lowest BCUT2D eigenvalue weighted by Gasteiger charge is -2.34. The second-order valence-corrected chi connectivity index (χ2v) is 10.1. The second-order valence-electron chi connectivity index (χ2n) is 10.1. The summed E-state index contributed by atoms with van der Waals surface area (Å²) in [5.41, 5.74) is 3.43. The van der Waals surface area contributed by atoms with Gasteiger partial charge >= 0.3 is 6.18 Å². The van der Waals surface area contributed by atoms with Crippen molar-refractivity contribution in [2.75, 3.05) is 37.6 Å². The molecule has 40 heavy (non-hydrogen) atoms. The molecule has 1 aliphatic heterocycles. The smallest absolute Gasteiger partial charge is 0.433 e. The lowest BCUT2D eigenvalue weighted by Crippen LogP contribution is -2.48. The number of rotatable bonds is 7. The Bertz CT molecular complexity index is 1570. The van der Waals surface area contributed by atoms with Crippen molar-refractivity contribution < 1.29 is 22.4 Å². The van der Waals surface area contributed by atoms with Gasteiger partial charge in [-0.3, -0.25) is 9.69 Å². The molecule has 0 unspecified atom stereocenters. The molecule has 0 bridgehead atoms.